The zero-order valence-electron chi connectivity index (χ0n) is 11.9. The van der Waals surface area contributed by atoms with Crippen LogP contribution in [0.1, 0.15) is 35.5 Å². The quantitative estimate of drug-likeness (QED) is 0.680. The minimum atomic E-state index is -0.374. The highest BCUT2D eigenvalue weighted by Gasteiger charge is 2.19. The Hall–Kier alpha value is -2.37. The van der Waals surface area contributed by atoms with Crippen molar-refractivity contribution < 1.29 is 9.45 Å². The number of nitro benzene ring substituents is 1. The van der Waals surface area contributed by atoms with Crippen molar-refractivity contribution in [1.82, 2.24) is 5.16 Å². The van der Waals surface area contributed by atoms with Gasteiger partial charge >= 0.3 is 0 Å². The molecule has 1 unspecified atom stereocenters. The molecule has 0 fully saturated rings. The van der Waals surface area contributed by atoms with Crippen LogP contribution in [-0.4, -0.2) is 10.1 Å². The van der Waals surface area contributed by atoms with Gasteiger partial charge in [-0.2, -0.15) is 0 Å². The Labute approximate surface area is 116 Å². The number of benzene rings is 1. The molecule has 1 aromatic carbocycles. The lowest BCUT2D eigenvalue weighted by molar-refractivity contribution is -0.385. The number of rotatable bonds is 4. The maximum absolute atomic E-state index is 10.9. The first-order valence-electron chi connectivity index (χ1n) is 6.35. The third-order valence-corrected chi connectivity index (χ3v) is 3.40. The molecule has 2 aromatic rings. The Morgan fingerprint density at radius 2 is 2.05 bits per heavy atom. The van der Waals surface area contributed by atoms with Crippen LogP contribution in [0, 0.1) is 30.9 Å². The van der Waals surface area contributed by atoms with E-state index >= 15 is 0 Å². The Morgan fingerprint density at radius 3 is 2.60 bits per heavy atom. The van der Waals surface area contributed by atoms with Crippen molar-refractivity contribution in [1.29, 1.82) is 0 Å². The summed E-state index contributed by atoms with van der Waals surface area (Å²) in [6, 6.07) is 4.97. The highest BCUT2D eigenvalue weighted by molar-refractivity contribution is 5.60. The Bertz CT molecular complexity index is 630. The SMILES string of the molecule is Cc1noc(C)c1C(C)Nc1cccc([N+](=O)[O-])c1C. The number of nitrogens with one attached hydrogen (secondary N) is 1. The van der Waals surface area contributed by atoms with Crippen molar-refractivity contribution in [3.05, 3.63) is 50.9 Å². The molecule has 20 heavy (non-hydrogen) atoms. The van der Waals surface area contributed by atoms with E-state index < -0.39 is 0 Å². The number of anilines is 1. The van der Waals surface area contributed by atoms with E-state index in [-0.39, 0.29) is 16.7 Å². The van der Waals surface area contributed by atoms with Gasteiger partial charge in [-0.3, -0.25) is 10.1 Å². The Morgan fingerprint density at radius 1 is 1.35 bits per heavy atom. The molecule has 0 bridgehead atoms. The van der Waals surface area contributed by atoms with Crippen LogP contribution in [0.5, 0.6) is 0 Å². The number of nitro groups is 1. The molecule has 0 spiro atoms. The van der Waals surface area contributed by atoms with E-state index in [1.165, 1.54) is 6.07 Å². The molecule has 1 aromatic heterocycles. The fraction of sp³-hybridized carbons (Fsp3) is 0.357. The molecule has 0 aliphatic heterocycles. The third-order valence-electron chi connectivity index (χ3n) is 3.40. The van der Waals surface area contributed by atoms with Gasteiger partial charge in [-0.15, -0.1) is 0 Å². The first-order valence-corrected chi connectivity index (χ1v) is 6.35. The van der Waals surface area contributed by atoms with Crippen LogP contribution in [0.2, 0.25) is 0 Å². The van der Waals surface area contributed by atoms with Crippen LogP contribution in [0.25, 0.3) is 0 Å². The lowest BCUT2D eigenvalue weighted by Gasteiger charge is -2.16. The topological polar surface area (TPSA) is 81.2 Å². The third kappa shape index (κ3) is 2.49. The molecule has 1 atom stereocenters. The van der Waals surface area contributed by atoms with Crippen molar-refractivity contribution in [2.45, 2.75) is 33.7 Å². The molecular formula is C14H17N3O3. The number of nitrogens with zero attached hydrogens (tertiary/aromatic N) is 2. The lowest BCUT2D eigenvalue weighted by atomic mass is 10.1. The summed E-state index contributed by atoms with van der Waals surface area (Å²) >= 11 is 0. The average Bonchev–Trinajstić information content (AvgIpc) is 2.71. The van der Waals surface area contributed by atoms with Crippen LogP contribution in [0.4, 0.5) is 11.4 Å². The van der Waals surface area contributed by atoms with Crippen molar-refractivity contribution in [2.24, 2.45) is 0 Å². The lowest BCUT2D eigenvalue weighted by Crippen LogP contribution is -2.10. The van der Waals surface area contributed by atoms with Crippen molar-refractivity contribution >= 4 is 11.4 Å². The van der Waals surface area contributed by atoms with Crippen LogP contribution < -0.4 is 5.32 Å². The Balaban J connectivity index is 2.31. The second kappa shape index (κ2) is 5.32. The van der Waals surface area contributed by atoms with Crippen molar-refractivity contribution in [3.8, 4) is 0 Å². The summed E-state index contributed by atoms with van der Waals surface area (Å²) < 4.78 is 5.15. The molecule has 106 valence electrons. The molecule has 1 heterocycles. The number of hydrogen-bond donors (Lipinski definition) is 1. The zero-order valence-corrected chi connectivity index (χ0v) is 11.9. The molecule has 6 heteroatoms. The predicted molar refractivity (Wildman–Crippen MR) is 75.8 cm³/mol. The highest BCUT2D eigenvalue weighted by Crippen LogP contribution is 2.30. The fourth-order valence-corrected chi connectivity index (χ4v) is 2.39. The summed E-state index contributed by atoms with van der Waals surface area (Å²) in [6.07, 6.45) is 0. The fourth-order valence-electron chi connectivity index (χ4n) is 2.39. The summed E-state index contributed by atoms with van der Waals surface area (Å²) in [5.41, 5.74) is 3.28. The van der Waals surface area contributed by atoms with Crippen LogP contribution >= 0.6 is 0 Å². The molecule has 1 N–H and O–H groups in total. The maximum Gasteiger partial charge on any atom is 0.274 e. The summed E-state index contributed by atoms with van der Waals surface area (Å²) in [7, 11) is 0. The largest absolute Gasteiger partial charge is 0.378 e. The van der Waals surface area contributed by atoms with Gasteiger partial charge in [0.1, 0.15) is 5.76 Å². The summed E-state index contributed by atoms with van der Waals surface area (Å²) in [5.74, 6) is 0.755. The molecule has 0 aliphatic rings. The van der Waals surface area contributed by atoms with Gasteiger partial charge in [0.05, 0.1) is 16.7 Å². The normalized spacial score (nSPS) is 12.2. The van der Waals surface area contributed by atoms with Crippen LogP contribution in [-0.2, 0) is 0 Å². The van der Waals surface area contributed by atoms with Gasteiger partial charge in [-0.1, -0.05) is 11.2 Å². The van der Waals surface area contributed by atoms with Crippen LogP contribution in [0.3, 0.4) is 0 Å². The van der Waals surface area contributed by atoms with Gasteiger partial charge in [0.2, 0.25) is 0 Å². The molecular weight excluding hydrogens is 258 g/mol. The van der Waals surface area contributed by atoms with Gasteiger partial charge in [0, 0.05) is 22.9 Å². The molecule has 0 saturated carbocycles. The standard InChI is InChI=1S/C14H17N3O3/c1-8-12(6-5-7-13(8)17(18)19)15-9(2)14-10(3)16-20-11(14)4/h5-7,9,15H,1-4H3. The highest BCUT2D eigenvalue weighted by atomic mass is 16.6. The number of aromatic nitrogens is 1. The van der Waals surface area contributed by atoms with Gasteiger partial charge in [0.15, 0.2) is 0 Å². The van der Waals surface area contributed by atoms with E-state index in [1.807, 2.05) is 26.8 Å². The maximum atomic E-state index is 10.9. The number of hydrogen-bond acceptors (Lipinski definition) is 5. The summed E-state index contributed by atoms with van der Waals surface area (Å²) in [4.78, 5) is 10.6. The number of aryl methyl sites for hydroxylation is 2. The zero-order chi connectivity index (χ0) is 14.9. The minimum Gasteiger partial charge on any atom is -0.378 e. The van der Waals surface area contributed by atoms with E-state index in [9.17, 15) is 10.1 Å². The molecule has 2 rings (SSSR count). The van der Waals surface area contributed by atoms with Gasteiger partial charge in [0.25, 0.3) is 5.69 Å². The second-order valence-electron chi connectivity index (χ2n) is 4.81. The van der Waals surface area contributed by atoms with E-state index in [2.05, 4.69) is 10.5 Å². The van der Waals surface area contributed by atoms with E-state index in [0.29, 0.717) is 5.56 Å². The monoisotopic (exact) mass is 275 g/mol. The molecule has 0 saturated heterocycles. The van der Waals surface area contributed by atoms with Gasteiger partial charge in [-0.05, 0) is 33.8 Å². The first-order chi connectivity index (χ1) is 9.41. The smallest absolute Gasteiger partial charge is 0.274 e. The summed E-state index contributed by atoms with van der Waals surface area (Å²) in [5, 5.41) is 18.2. The predicted octanol–water partition coefficient (Wildman–Crippen LogP) is 3.68. The van der Waals surface area contributed by atoms with Crippen LogP contribution in [0.15, 0.2) is 22.7 Å². The van der Waals surface area contributed by atoms with E-state index in [1.54, 1.807) is 13.0 Å². The Kier molecular flexibility index (Phi) is 3.74. The summed E-state index contributed by atoms with van der Waals surface area (Å²) in [6.45, 7) is 7.45. The minimum absolute atomic E-state index is 0.0399. The second-order valence-corrected chi connectivity index (χ2v) is 4.81. The molecule has 0 amide bonds. The van der Waals surface area contributed by atoms with Crippen molar-refractivity contribution in [3.63, 3.8) is 0 Å². The molecule has 0 radical (unpaired) electrons. The molecule has 6 nitrogen and oxygen atoms in total. The van der Waals surface area contributed by atoms with Gasteiger partial charge < -0.3 is 9.84 Å². The first kappa shape index (κ1) is 14.0. The average molecular weight is 275 g/mol. The molecule has 0 aliphatic carbocycles. The van der Waals surface area contributed by atoms with Crippen molar-refractivity contribution in [2.75, 3.05) is 5.32 Å². The van der Waals surface area contributed by atoms with E-state index in [0.717, 1.165) is 22.7 Å². The van der Waals surface area contributed by atoms with Gasteiger partial charge in [-0.25, -0.2) is 0 Å². The van der Waals surface area contributed by atoms with E-state index in [4.69, 9.17) is 4.52 Å².